The maximum atomic E-state index is 12.4. The first-order valence-electron chi connectivity index (χ1n) is 11.6. The molecular weight excluding hydrogens is 489 g/mol. The molecule has 1 aliphatic heterocycles. The van der Waals surface area contributed by atoms with E-state index in [0.717, 1.165) is 16.7 Å². The van der Waals surface area contributed by atoms with Crippen molar-refractivity contribution in [3.05, 3.63) is 72.4 Å². The lowest BCUT2D eigenvalue weighted by Crippen LogP contribution is -2.48. The highest BCUT2D eigenvalue weighted by Crippen LogP contribution is 2.29. The molecule has 4 rings (SSSR count). The minimum atomic E-state index is -4.73. The van der Waals surface area contributed by atoms with Crippen LogP contribution in [0.1, 0.15) is 18.9 Å². The van der Waals surface area contributed by atoms with Crippen LogP contribution in [0.15, 0.2) is 72.0 Å². The first-order valence-corrected chi connectivity index (χ1v) is 11.6. The van der Waals surface area contributed by atoms with Crippen molar-refractivity contribution in [1.29, 1.82) is 0 Å². The van der Waals surface area contributed by atoms with Crippen molar-refractivity contribution in [3.8, 4) is 28.1 Å². The van der Waals surface area contributed by atoms with Gasteiger partial charge in [-0.3, -0.25) is 4.98 Å². The van der Waals surface area contributed by atoms with Gasteiger partial charge in [0.15, 0.2) is 0 Å². The fourth-order valence-corrected chi connectivity index (χ4v) is 4.01. The number of aromatic nitrogens is 1. The number of methoxy groups -OCH3 is 2. The van der Waals surface area contributed by atoms with E-state index in [1.54, 1.807) is 26.6 Å². The third-order valence-electron chi connectivity index (χ3n) is 6.00. The summed E-state index contributed by atoms with van der Waals surface area (Å²) in [6.45, 7) is 1.92. The minimum Gasteiger partial charge on any atom is -0.406 e. The molecule has 2 aromatic carbocycles. The number of nitrogens with zero attached hydrogens (tertiary/aromatic N) is 2. The molecule has 7 nitrogen and oxygen atoms in total. The van der Waals surface area contributed by atoms with Crippen LogP contribution in [0.3, 0.4) is 0 Å². The van der Waals surface area contributed by atoms with Crippen LogP contribution in [0, 0.1) is 0 Å². The molecule has 0 radical (unpaired) electrons. The first-order chi connectivity index (χ1) is 17.8. The Labute approximate surface area is 212 Å². The molecular formula is C27H27F3N2O5. The van der Waals surface area contributed by atoms with E-state index in [0.29, 0.717) is 17.7 Å². The highest BCUT2D eigenvalue weighted by molar-refractivity contribution is 5.81. The summed E-state index contributed by atoms with van der Waals surface area (Å²) in [7, 11) is 3.23. The second kappa shape index (κ2) is 11.7. The number of alkyl halides is 3. The van der Waals surface area contributed by atoms with Gasteiger partial charge in [-0.25, -0.2) is 0 Å². The van der Waals surface area contributed by atoms with E-state index in [9.17, 15) is 13.2 Å². The van der Waals surface area contributed by atoms with Crippen molar-refractivity contribution in [3.63, 3.8) is 0 Å². The molecule has 37 heavy (non-hydrogen) atoms. The fourth-order valence-electron chi connectivity index (χ4n) is 4.01. The molecule has 0 N–H and O–H groups in total. The number of halogens is 3. The normalized spacial score (nSPS) is 22.2. The van der Waals surface area contributed by atoms with Gasteiger partial charge in [-0.05, 0) is 60.0 Å². The van der Waals surface area contributed by atoms with Crippen molar-refractivity contribution in [2.45, 2.75) is 44.3 Å². The monoisotopic (exact) mass is 516 g/mol. The van der Waals surface area contributed by atoms with Gasteiger partial charge in [0.05, 0.1) is 24.1 Å². The molecule has 0 amide bonds. The molecule has 1 aliphatic rings. The summed E-state index contributed by atoms with van der Waals surface area (Å²) < 4.78 is 57.8. The van der Waals surface area contributed by atoms with Crippen LogP contribution in [-0.2, 0) is 19.0 Å². The van der Waals surface area contributed by atoms with E-state index in [4.69, 9.17) is 19.0 Å². The number of pyridine rings is 1. The minimum absolute atomic E-state index is 0.0715. The van der Waals surface area contributed by atoms with Gasteiger partial charge < -0.3 is 23.8 Å². The van der Waals surface area contributed by atoms with E-state index in [2.05, 4.69) is 14.9 Å². The van der Waals surface area contributed by atoms with Gasteiger partial charge in [0.2, 0.25) is 0 Å². The topological polar surface area (TPSA) is 71.4 Å². The molecule has 0 spiro atoms. The van der Waals surface area contributed by atoms with E-state index >= 15 is 0 Å². The van der Waals surface area contributed by atoms with Crippen molar-refractivity contribution < 1.29 is 37.0 Å². The van der Waals surface area contributed by atoms with Crippen LogP contribution in [0.25, 0.3) is 22.4 Å². The standard InChI is InChI=1S/C27H27F3N2O5/c1-17-24(33-2)15-25(34-3)26(35-17)37-32-16-18-4-6-19(7-5-18)21-12-13-31-23(14-21)20-8-10-22(11-9-20)36-27(28,29)30/h4-14,16-17,24-26H,15H2,1-3H3/b32-16+/t17-,24+,25+,26-/m0/s1. The predicted octanol–water partition coefficient (Wildman–Crippen LogP) is 5.83. The molecule has 2 heterocycles. The van der Waals surface area contributed by atoms with E-state index in [1.807, 2.05) is 43.3 Å². The SMILES string of the molecule is CO[C@@H]1C[C@@H](OC)[C@H](C)O[C@H]1O/N=C/c1ccc(-c2ccnc(-c3ccc(OC(F)(F)F)cc3)c2)cc1. The van der Waals surface area contributed by atoms with Crippen LogP contribution in [0.5, 0.6) is 5.75 Å². The lowest BCUT2D eigenvalue weighted by Gasteiger charge is -2.37. The summed E-state index contributed by atoms with van der Waals surface area (Å²) in [5.41, 5.74) is 3.96. The largest absolute Gasteiger partial charge is 0.573 e. The first kappa shape index (κ1) is 26.6. The Bertz CT molecular complexity index is 1190. The van der Waals surface area contributed by atoms with Gasteiger partial charge in [0, 0.05) is 32.4 Å². The molecule has 0 saturated carbocycles. The zero-order valence-corrected chi connectivity index (χ0v) is 20.5. The van der Waals surface area contributed by atoms with Crippen LogP contribution >= 0.6 is 0 Å². The molecule has 10 heteroatoms. The third-order valence-corrected chi connectivity index (χ3v) is 6.00. The van der Waals surface area contributed by atoms with Gasteiger partial charge in [-0.15, -0.1) is 13.2 Å². The second-order valence-electron chi connectivity index (χ2n) is 8.46. The molecule has 0 bridgehead atoms. The van der Waals surface area contributed by atoms with Crippen LogP contribution in [0.2, 0.25) is 0 Å². The molecule has 1 saturated heterocycles. The smallest absolute Gasteiger partial charge is 0.406 e. The number of hydrogen-bond donors (Lipinski definition) is 0. The maximum Gasteiger partial charge on any atom is 0.573 e. The molecule has 4 atom stereocenters. The maximum absolute atomic E-state index is 12.4. The third kappa shape index (κ3) is 7.06. The van der Waals surface area contributed by atoms with Gasteiger partial charge in [0.1, 0.15) is 11.9 Å². The molecule has 1 aromatic heterocycles. The number of rotatable bonds is 8. The predicted molar refractivity (Wildman–Crippen MR) is 131 cm³/mol. The molecule has 1 fully saturated rings. The quantitative estimate of drug-likeness (QED) is 0.277. The van der Waals surface area contributed by atoms with E-state index in [1.165, 1.54) is 24.3 Å². The van der Waals surface area contributed by atoms with Gasteiger partial charge in [0.25, 0.3) is 6.29 Å². The Morgan fingerprint density at radius 3 is 2.24 bits per heavy atom. The second-order valence-corrected chi connectivity index (χ2v) is 8.46. The number of benzene rings is 2. The Balaban J connectivity index is 1.40. The van der Waals surface area contributed by atoms with E-state index < -0.39 is 12.7 Å². The van der Waals surface area contributed by atoms with Crippen molar-refractivity contribution in [1.82, 2.24) is 4.98 Å². The van der Waals surface area contributed by atoms with Crippen LogP contribution < -0.4 is 4.74 Å². The average molecular weight is 517 g/mol. The van der Waals surface area contributed by atoms with Gasteiger partial charge in [-0.1, -0.05) is 29.4 Å². The molecule has 196 valence electrons. The zero-order valence-electron chi connectivity index (χ0n) is 20.5. The summed E-state index contributed by atoms with van der Waals surface area (Å²) in [4.78, 5) is 9.90. The van der Waals surface area contributed by atoms with Gasteiger partial charge in [-0.2, -0.15) is 0 Å². The highest BCUT2D eigenvalue weighted by atomic mass is 19.4. The Morgan fingerprint density at radius 2 is 1.59 bits per heavy atom. The Kier molecular flexibility index (Phi) is 8.42. The summed E-state index contributed by atoms with van der Waals surface area (Å²) in [5, 5.41) is 4.07. The Morgan fingerprint density at radius 1 is 0.919 bits per heavy atom. The van der Waals surface area contributed by atoms with Crippen LogP contribution in [0.4, 0.5) is 13.2 Å². The average Bonchev–Trinajstić information content (AvgIpc) is 2.89. The number of oxime groups is 1. The van der Waals surface area contributed by atoms with Crippen LogP contribution in [-0.4, -0.2) is 56.4 Å². The lowest BCUT2D eigenvalue weighted by atomic mass is 10.0. The zero-order chi connectivity index (χ0) is 26.4. The van der Waals surface area contributed by atoms with Crippen molar-refractivity contribution >= 4 is 6.21 Å². The molecule has 0 unspecified atom stereocenters. The fraction of sp³-hybridized carbons (Fsp3) is 0.333. The summed E-state index contributed by atoms with van der Waals surface area (Å²) in [5.74, 6) is -0.282. The summed E-state index contributed by atoms with van der Waals surface area (Å²) in [6, 6.07) is 17.0. The highest BCUT2D eigenvalue weighted by Gasteiger charge is 2.38. The number of hydrogen-bond acceptors (Lipinski definition) is 7. The summed E-state index contributed by atoms with van der Waals surface area (Å²) in [6.07, 6.45) is -1.99. The van der Waals surface area contributed by atoms with Crippen molar-refractivity contribution in [2.24, 2.45) is 5.16 Å². The van der Waals surface area contributed by atoms with Crippen molar-refractivity contribution in [2.75, 3.05) is 14.2 Å². The van der Waals surface area contributed by atoms with E-state index in [-0.39, 0.29) is 24.1 Å². The summed E-state index contributed by atoms with van der Waals surface area (Å²) >= 11 is 0. The number of ether oxygens (including phenoxy) is 4. The molecule has 3 aromatic rings. The molecule has 0 aliphatic carbocycles. The lowest BCUT2D eigenvalue weighted by molar-refractivity contribution is -0.274. The Hall–Kier alpha value is -3.47. The van der Waals surface area contributed by atoms with Gasteiger partial charge >= 0.3 is 6.36 Å².